The Kier molecular flexibility index (Phi) is 5.59. The second-order valence-electron chi connectivity index (χ2n) is 4.47. The molecule has 112 valence electrons. The van der Waals surface area contributed by atoms with Gasteiger partial charge in [0.1, 0.15) is 11.5 Å². The van der Waals surface area contributed by atoms with Gasteiger partial charge in [0.25, 0.3) is 0 Å². The van der Waals surface area contributed by atoms with Crippen molar-refractivity contribution in [2.45, 2.75) is 13.0 Å². The minimum Gasteiger partial charge on any atom is -0.497 e. The number of benzene rings is 1. The highest BCUT2D eigenvalue weighted by molar-refractivity contribution is 9.10. The smallest absolute Gasteiger partial charge is 0.127 e. The molecule has 0 aliphatic carbocycles. The zero-order valence-electron chi connectivity index (χ0n) is 12.4. The summed E-state index contributed by atoms with van der Waals surface area (Å²) >= 11 is 3.57. The van der Waals surface area contributed by atoms with Crippen LogP contribution in [0.1, 0.15) is 24.2 Å². The standard InChI is InChI=1S/C16H19BrN2O2/c1-4-18-15(16-13(17)6-5-9-19-16)12-8-7-11(20-2)10-14(12)21-3/h5-10,15,18H,4H2,1-3H3. The Labute approximate surface area is 133 Å². The van der Waals surface area contributed by atoms with Crippen LogP contribution in [0.4, 0.5) is 0 Å². The van der Waals surface area contributed by atoms with Crippen LogP contribution in [0.25, 0.3) is 0 Å². The molecule has 0 aliphatic heterocycles. The summed E-state index contributed by atoms with van der Waals surface area (Å²) in [6, 6.07) is 9.66. The molecule has 0 fully saturated rings. The zero-order valence-corrected chi connectivity index (χ0v) is 14.0. The van der Waals surface area contributed by atoms with E-state index in [1.807, 2.05) is 30.3 Å². The van der Waals surface area contributed by atoms with Crippen molar-refractivity contribution in [1.29, 1.82) is 0 Å². The number of methoxy groups -OCH3 is 2. The lowest BCUT2D eigenvalue weighted by Crippen LogP contribution is -2.24. The van der Waals surface area contributed by atoms with E-state index in [0.29, 0.717) is 0 Å². The summed E-state index contributed by atoms with van der Waals surface area (Å²) in [5, 5.41) is 3.45. The topological polar surface area (TPSA) is 43.4 Å². The van der Waals surface area contributed by atoms with Gasteiger partial charge in [-0.3, -0.25) is 4.98 Å². The summed E-state index contributed by atoms with van der Waals surface area (Å²) in [5.74, 6) is 1.55. The van der Waals surface area contributed by atoms with Crippen molar-refractivity contribution in [2.75, 3.05) is 20.8 Å². The Bertz CT molecular complexity index is 605. The normalized spacial score (nSPS) is 12.0. The third-order valence-electron chi connectivity index (χ3n) is 3.22. The molecule has 1 atom stereocenters. The Hall–Kier alpha value is -1.59. The van der Waals surface area contributed by atoms with Gasteiger partial charge < -0.3 is 14.8 Å². The minimum atomic E-state index is -0.0496. The first-order valence-electron chi connectivity index (χ1n) is 6.77. The third kappa shape index (κ3) is 3.54. The summed E-state index contributed by atoms with van der Waals surface area (Å²) < 4.78 is 11.7. The van der Waals surface area contributed by atoms with Gasteiger partial charge in [0, 0.05) is 22.3 Å². The molecule has 1 N–H and O–H groups in total. The van der Waals surface area contributed by atoms with Crippen LogP contribution in [0.15, 0.2) is 41.0 Å². The van der Waals surface area contributed by atoms with Gasteiger partial charge in [-0.25, -0.2) is 0 Å². The second-order valence-corrected chi connectivity index (χ2v) is 5.32. The maximum atomic E-state index is 5.51. The van der Waals surface area contributed by atoms with Gasteiger partial charge in [0.2, 0.25) is 0 Å². The first kappa shape index (κ1) is 15.8. The number of nitrogens with one attached hydrogen (secondary N) is 1. The maximum absolute atomic E-state index is 5.51. The highest BCUT2D eigenvalue weighted by Gasteiger charge is 2.21. The molecule has 5 heteroatoms. The molecule has 21 heavy (non-hydrogen) atoms. The third-order valence-corrected chi connectivity index (χ3v) is 3.89. The lowest BCUT2D eigenvalue weighted by molar-refractivity contribution is 0.387. The molecule has 1 unspecified atom stereocenters. The first-order chi connectivity index (χ1) is 10.2. The van der Waals surface area contributed by atoms with Crippen LogP contribution >= 0.6 is 15.9 Å². The zero-order chi connectivity index (χ0) is 15.2. The molecule has 0 aliphatic rings. The van der Waals surface area contributed by atoms with Gasteiger partial charge in [-0.2, -0.15) is 0 Å². The summed E-state index contributed by atoms with van der Waals surface area (Å²) in [4.78, 5) is 4.50. The number of hydrogen-bond donors (Lipinski definition) is 1. The fraction of sp³-hybridized carbons (Fsp3) is 0.312. The molecule has 2 rings (SSSR count). The SMILES string of the molecule is CCNC(c1ccc(OC)cc1OC)c1ncccc1Br. The van der Waals surface area contributed by atoms with Gasteiger partial charge in [0.05, 0.1) is 26.0 Å². The highest BCUT2D eigenvalue weighted by Crippen LogP contribution is 2.34. The average molecular weight is 351 g/mol. The summed E-state index contributed by atoms with van der Waals surface area (Å²) in [6.45, 7) is 2.89. The number of ether oxygens (including phenoxy) is 2. The molecule has 0 bridgehead atoms. The first-order valence-corrected chi connectivity index (χ1v) is 7.56. The number of pyridine rings is 1. The van der Waals surface area contributed by atoms with Crippen molar-refractivity contribution in [1.82, 2.24) is 10.3 Å². The molecule has 0 spiro atoms. The molecule has 1 aromatic carbocycles. The van der Waals surface area contributed by atoms with E-state index in [-0.39, 0.29) is 6.04 Å². The van der Waals surface area contributed by atoms with E-state index in [4.69, 9.17) is 9.47 Å². The minimum absolute atomic E-state index is 0.0496. The fourth-order valence-electron chi connectivity index (χ4n) is 2.23. The summed E-state index contributed by atoms with van der Waals surface area (Å²) in [6.07, 6.45) is 1.79. The molecule has 1 aromatic heterocycles. The van der Waals surface area contributed by atoms with E-state index in [1.54, 1.807) is 20.4 Å². The van der Waals surface area contributed by atoms with Crippen LogP contribution in [-0.2, 0) is 0 Å². The number of aromatic nitrogens is 1. The lowest BCUT2D eigenvalue weighted by atomic mass is 10.0. The van der Waals surface area contributed by atoms with E-state index >= 15 is 0 Å². The van der Waals surface area contributed by atoms with Gasteiger partial charge >= 0.3 is 0 Å². The van der Waals surface area contributed by atoms with Crippen LogP contribution in [-0.4, -0.2) is 25.7 Å². The molecule has 0 saturated heterocycles. The molecule has 4 nitrogen and oxygen atoms in total. The summed E-state index contributed by atoms with van der Waals surface area (Å²) in [5.41, 5.74) is 1.96. The molecule has 0 saturated carbocycles. The quantitative estimate of drug-likeness (QED) is 0.864. The van der Waals surface area contributed by atoms with Crippen molar-refractivity contribution in [3.05, 3.63) is 52.3 Å². The number of halogens is 1. The van der Waals surface area contributed by atoms with Gasteiger partial charge in [0.15, 0.2) is 0 Å². The van der Waals surface area contributed by atoms with Crippen LogP contribution in [0.2, 0.25) is 0 Å². The highest BCUT2D eigenvalue weighted by atomic mass is 79.9. The molecule has 1 heterocycles. The number of rotatable bonds is 6. The largest absolute Gasteiger partial charge is 0.497 e. The van der Waals surface area contributed by atoms with Crippen molar-refractivity contribution in [3.8, 4) is 11.5 Å². The van der Waals surface area contributed by atoms with E-state index in [1.165, 1.54) is 0 Å². The predicted octanol–water partition coefficient (Wildman–Crippen LogP) is 3.56. The number of nitrogens with zero attached hydrogens (tertiary/aromatic N) is 1. The van der Waals surface area contributed by atoms with Gasteiger partial charge in [-0.15, -0.1) is 0 Å². The van der Waals surface area contributed by atoms with E-state index in [9.17, 15) is 0 Å². The van der Waals surface area contributed by atoms with Gasteiger partial charge in [-0.05, 0) is 46.7 Å². The Morgan fingerprint density at radius 3 is 2.67 bits per heavy atom. The Morgan fingerprint density at radius 1 is 1.24 bits per heavy atom. The second kappa shape index (κ2) is 7.43. The van der Waals surface area contributed by atoms with Gasteiger partial charge in [-0.1, -0.05) is 6.92 Å². The van der Waals surface area contributed by atoms with E-state index in [2.05, 4.69) is 33.2 Å². The predicted molar refractivity (Wildman–Crippen MR) is 87.0 cm³/mol. The van der Waals surface area contributed by atoms with E-state index in [0.717, 1.165) is 33.8 Å². The molecule has 0 amide bonds. The fourth-order valence-corrected chi connectivity index (χ4v) is 2.71. The van der Waals surface area contributed by atoms with Crippen molar-refractivity contribution in [3.63, 3.8) is 0 Å². The molecular formula is C16H19BrN2O2. The summed E-state index contributed by atoms with van der Waals surface area (Å²) in [7, 11) is 3.31. The van der Waals surface area contributed by atoms with Crippen molar-refractivity contribution < 1.29 is 9.47 Å². The Balaban J connectivity index is 2.50. The monoisotopic (exact) mass is 350 g/mol. The molecule has 0 radical (unpaired) electrons. The van der Waals surface area contributed by atoms with Crippen LogP contribution in [0, 0.1) is 0 Å². The van der Waals surface area contributed by atoms with Crippen LogP contribution < -0.4 is 14.8 Å². The molecular weight excluding hydrogens is 332 g/mol. The van der Waals surface area contributed by atoms with Crippen LogP contribution in [0.3, 0.4) is 0 Å². The van der Waals surface area contributed by atoms with Crippen LogP contribution in [0.5, 0.6) is 11.5 Å². The average Bonchev–Trinajstić information content (AvgIpc) is 2.53. The van der Waals surface area contributed by atoms with E-state index < -0.39 is 0 Å². The van der Waals surface area contributed by atoms with Crippen molar-refractivity contribution >= 4 is 15.9 Å². The number of hydrogen-bond acceptors (Lipinski definition) is 4. The molecule has 2 aromatic rings. The van der Waals surface area contributed by atoms with Crippen molar-refractivity contribution in [2.24, 2.45) is 0 Å². The maximum Gasteiger partial charge on any atom is 0.127 e. The lowest BCUT2D eigenvalue weighted by Gasteiger charge is -2.21. The Morgan fingerprint density at radius 2 is 2.05 bits per heavy atom.